The number of hydrogen-bond acceptors (Lipinski definition) is 7. The third kappa shape index (κ3) is 3.34. The van der Waals surface area contributed by atoms with E-state index in [1.165, 1.54) is 0 Å². The van der Waals surface area contributed by atoms with Gasteiger partial charge in [0.25, 0.3) is 0 Å². The molecule has 0 amide bonds. The second kappa shape index (κ2) is 6.03. The second-order valence-corrected chi connectivity index (χ2v) is 5.00. The zero-order chi connectivity index (χ0) is 13.0. The third-order valence-corrected chi connectivity index (χ3v) is 3.34. The summed E-state index contributed by atoms with van der Waals surface area (Å²) >= 11 is 1.61. The molecule has 7 heteroatoms. The molecule has 0 bridgehead atoms. The van der Waals surface area contributed by atoms with Gasteiger partial charge in [0.05, 0.1) is 29.6 Å². The van der Waals surface area contributed by atoms with Gasteiger partial charge >= 0.3 is 0 Å². The smallest absolute Gasteiger partial charge is 0.229 e. The van der Waals surface area contributed by atoms with Crippen LogP contribution in [0, 0.1) is 6.92 Å². The molecule has 0 aliphatic carbocycles. The highest BCUT2D eigenvalue weighted by atomic mass is 32.1. The average Bonchev–Trinajstić information content (AvgIpc) is 2.96. The van der Waals surface area contributed by atoms with Gasteiger partial charge in [0, 0.05) is 19.0 Å². The standard InChI is InChI=1S/C11H16N4O2S/c1-7-13-8(6-18-7)3-10-14-11(17-15-10)4-9(5-12)16-2/h6,9H,3-5,12H2,1-2H3. The van der Waals surface area contributed by atoms with Gasteiger partial charge in [0.1, 0.15) is 0 Å². The number of rotatable bonds is 6. The van der Waals surface area contributed by atoms with E-state index >= 15 is 0 Å². The van der Waals surface area contributed by atoms with Crippen molar-refractivity contribution in [3.05, 3.63) is 27.8 Å². The summed E-state index contributed by atoms with van der Waals surface area (Å²) in [6.07, 6.45) is 1.05. The Kier molecular flexibility index (Phi) is 4.40. The van der Waals surface area contributed by atoms with Crippen LogP contribution in [0.25, 0.3) is 0 Å². The molecule has 2 rings (SSSR count). The lowest BCUT2D eigenvalue weighted by atomic mass is 10.2. The first-order valence-electron chi connectivity index (χ1n) is 5.66. The molecule has 0 aliphatic rings. The summed E-state index contributed by atoms with van der Waals surface area (Å²) in [5.74, 6) is 1.19. The predicted octanol–water partition coefficient (Wildman–Crippen LogP) is 0.942. The number of thiazole rings is 1. The topological polar surface area (TPSA) is 87.1 Å². The molecule has 2 aromatic rings. The van der Waals surface area contributed by atoms with E-state index in [0.717, 1.165) is 10.7 Å². The molecule has 6 nitrogen and oxygen atoms in total. The van der Waals surface area contributed by atoms with Crippen molar-refractivity contribution < 1.29 is 9.26 Å². The molecule has 0 spiro atoms. The van der Waals surface area contributed by atoms with Crippen LogP contribution in [-0.4, -0.2) is 34.9 Å². The molecule has 0 saturated carbocycles. The summed E-state index contributed by atoms with van der Waals surface area (Å²) in [6.45, 7) is 2.40. The number of methoxy groups -OCH3 is 1. The van der Waals surface area contributed by atoms with Gasteiger partial charge in [-0.05, 0) is 6.92 Å². The van der Waals surface area contributed by atoms with Crippen LogP contribution < -0.4 is 5.73 Å². The second-order valence-electron chi connectivity index (χ2n) is 3.94. The largest absolute Gasteiger partial charge is 0.380 e. The molecule has 0 saturated heterocycles. The number of ether oxygens (including phenoxy) is 1. The van der Waals surface area contributed by atoms with E-state index in [1.807, 2.05) is 12.3 Å². The Morgan fingerprint density at radius 3 is 2.94 bits per heavy atom. The fourth-order valence-corrected chi connectivity index (χ4v) is 2.17. The molecular formula is C11H16N4O2S. The van der Waals surface area contributed by atoms with Gasteiger partial charge in [-0.1, -0.05) is 5.16 Å². The minimum Gasteiger partial charge on any atom is -0.380 e. The van der Waals surface area contributed by atoms with E-state index in [-0.39, 0.29) is 6.10 Å². The quantitative estimate of drug-likeness (QED) is 0.839. The van der Waals surface area contributed by atoms with E-state index in [0.29, 0.717) is 31.1 Å². The minimum atomic E-state index is -0.0835. The summed E-state index contributed by atoms with van der Waals surface area (Å²) < 4.78 is 10.3. The lowest BCUT2D eigenvalue weighted by Gasteiger charge is -2.08. The Morgan fingerprint density at radius 1 is 1.50 bits per heavy atom. The van der Waals surface area contributed by atoms with Crippen LogP contribution in [0.2, 0.25) is 0 Å². The van der Waals surface area contributed by atoms with Crippen molar-refractivity contribution in [1.82, 2.24) is 15.1 Å². The fraction of sp³-hybridized carbons (Fsp3) is 0.545. The zero-order valence-corrected chi connectivity index (χ0v) is 11.2. The summed E-state index contributed by atoms with van der Waals surface area (Å²) in [5.41, 5.74) is 6.51. The maximum atomic E-state index is 5.54. The van der Waals surface area contributed by atoms with Crippen molar-refractivity contribution in [1.29, 1.82) is 0 Å². The van der Waals surface area contributed by atoms with Crippen LogP contribution >= 0.6 is 11.3 Å². The van der Waals surface area contributed by atoms with Crippen molar-refractivity contribution in [2.24, 2.45) is 5.73 Å². The monoisotopic (exact) mass is 268 g/mol. The molecule has 2 N–H and O–H groups in total. The van der Waals surface area contributed by atoms with Crippen LogP contribution in [0.1, 0.15) is 22.4 Å². The SMILES string of the molecule is COC(CN)Cc1nc(Cc2csc(C)n2)no1. The molecule has 0 aromatic carbocycles. The molecular weight excluding hydrogens is 252 g/mol. The molecule has 2 heterocycles. The Morgan fingerprint density at radius 2 is 2.33 bits per heavy atom. The maximum Gasteiger partial charge on any atom is 0.229 e. The molecule has 1 unspecified atom stereocenters. The molecule has 0 aliphatic heterocycles. The van der Waals surface area contributed by atoms with E-state index in [4.69, 9.17) is 15.0 Å². The van der Waals surface area contributed by atoms with Gasteiger partial charge in [0.2, 0.25) is 5.89 Å². The van der Waals surface area contributed by atoms with Crippen molar-refractivity contribution in [2.45, 2.75) is 25.9 Å². The number of nitrogens with zero attached hydrogens (tertiary/aromatic N) is 3. The van der Waals surface area contributed by atoms with Crippen molar-refractivity contribution >= 4 is 11.3 Å². The molecule has 2 aromatic heterocycles. The molecule has 0 fully saturated rings. The third-order valence-electron chi connectivity index (χ3n) is 2.51. The van der Waals surface area contributed by atoms with Crippen LogP contribution in [0.3, 0.4) is 0 Å². The average molecular weight is 268 g/mol. The summed E-state index contributed by atoms with van der Waals surface area (Å²) in [6, 6.07) is 0. The summed E-state index contributed by atoms with van der Waals surface area (Å²) in [7, 11) is 1.62. The minimum absolute atomic E-state index is 0.0835. The van der Waals surface area contributed by atoms with Gasteiger partial charge in [-0.2, -0.15) is 4.98 Å². The highest BCUT2D eigenvalue weighted by Gasteiger charge is 2.13. The highest BCUT2D eigenvalue weighted by molar-refractivity contribution is 7.09. The van der Waals surface area contributed by atoms with Gasteiger partial charge in [-0.3, -0.25) is 0 Å². The van der Waals surface area contributed by atoms with E-state index in [1.54, 1.807) is 18.4 Å². The molecule has 0 radical (unpaired) electrons. The van der Waals surface area contributed by atoms with Crippen LogP contribution in [0.15, 0.2) is 9.90 Å². The van der Waals surface area contributed by atoms with E-state index < -0.39 is 0 Å². The van der Waals surface area contributed by atoms with E-state index in [2.05, 4.69) is 15.1 Å². The fourth-order valence-electron chi connectivity index (χ4n) is 1.55. The first kappa shape index (κ1) is 13.1. The molecule has 18 heavy (non-hydrogen) atoms. The lowest BCUT2D eigenvalue weighted by molar-refractivity contribution is 0.102. The molecule has 98 valence electrons. The van der Waals surface area contributed by atoms with Crippen LogP contribution in [-0.2, 0) is 17.6 Å². The van der Waals surface area contributed by atoms with Crippen molar-refractivity contribution in [3.63, 3.8) is 0 Å². The van der Waals surface area contributed by atoms with Crippen LogP contribution in [0.5, 0.6) is 0 Å². The van der Waals surface area contributed by atoms with Gasteiger partial charge < -0.3 is 15.0 Å². The number of hydrogen-bond donors (Lipinski definition) is 1. The van der Waals surface area contributed by atoms with Crippen molar-refractivity contribution in [2.75, 3.05) is 13.7 Å². The van der Waals surface area contributed by atoms with Gasteiger partial charge in [0.15, 0.2) is 5.82 Å². The number of aryl methyl sites for hydroxylation is 1. The van der Waals surface area contributed by atoms with Crippen molar-refractivity contribution in [3.8, 4) is 0 Å². The number of nitrogens with two attached hydrogens (primary N) is 1. The Labute approximate surface area is 109 Å². The van der Waals surface area contributed by atoms with Gasteiger partial charge in [-0.25, -0.2) is 4.98 Å². The Bertz CT molecular complexity index is 493. The first-order chi connectivity index (χ1) is 8.71. The molecule has 1 atom stereocenters. The summed E-state index contributed by atoms with van der Waals surface area (Å²) in [5, 5.41) is 6.97. The van der Waals surface area contributed by atoms with E-state index in [9.17, 15) is 0 Å². The lowest BCUT2D eigenvalue weighted by Crippen LogP contribution is -2.24. The predicted molar refractivity (Wildman–Crippen MR) is 67.5 cm³/mol. The Balaban J connectivity index is 1.97. The summed E-state index contributed by atoms with van der Waals surface area (Å²) in [4.78, 5) is 8.66. The van der Waals surface area contributed by atoms with Crippen LogP contribution in [0.4, 0.5) is 0 Å². The zero-order valence-electron chi connectivity index (χ0n) is 10.4. The maximum absolute atomic E-state index is 5.54. The normalized spacial score (nSPS) is 12.8. The highest BCUT2D eigenvalue weighted by Crippen LogP contribution is 2.12. The number of aromatic nitrogens is 3. The van der Waals surface area contributed by atoms with Gasteiger partial charge in [-0.15, -0.1) is 11.3 Å². The Hall–Kier alpha value is -1.31. The first-order valence-corrected chi connectivity index (χ1v) is 6.54.